The first kappa shape index (κ1) is 17.8. The van der Waals surface area contributed by atoms with Gasteiger partial charge in [-0.05, 0) is 25.7 Å². The van der Waals surface area contributed by atoms with Gasteiger partial charge < -0.3 is 9.64 Å². The highest BCUT2D eigenvalue weighted by Crippen LogP contribution is 2.31. The Morgan fingerprint density at radius 3 is 2.38 bits per heavy atom. The molecule has 0 aromatic heterocycles. The quantitative estimate of drug-likeness (QED) is 0.734. The molecule has 7 heteroatoms. The summed E-state index contributed by atoms with van der Waals surface area (Å²) in [6, 6.07) is -0.456. The van der Waals surface area contributed by atoms with E-state index >= 15 is 0 Å². The Labute approximate surface area is 122 Å². The predicted molar refractivity (Wildman–Crippen MR) is 70.4 cm³/mol. The zero-order valence-corrected chi connectivity index (χ0v) is 12.4. The van der Waals surface area contributed by atoms with Crippen LogP contribution in [0.4, 0.5) is 13.2 Å². The zero-order chi connectivity index (χ0) is 16.0. The van der Waals surface area contributed by atoms with Crippen molar-refractivity contribution < 1.29 is 27.5 Å². The van der Waals surface area contributed by atoms with E-state index in [1.165, 1.54) is 0 Å². The van der Waals surface area contributed by atoms with Gasteiger partial charge in [-0.2, -0.15) is 13.2 Å². The van der Waals surface area contributed by atoms with Gasteiger partial charge in [0.15, 0.2) is 0 Å². The van der Waals surface area contributed by atoms with Crippen molar-refractivity contribution >= 4 is 11.9 Å². The third kappa shape index (κ3) is 5.21. The molecule has 1 fully saturated rings. The van der Waals surface area contributed by atoms with Gasteiger partial charge in [0.2, 0.25) is 0 Å². The van der Waals surface area contributed by atoms with Crippen molar-refractivity contribution in [1.29, 1.82) is 0 Å². The summed E-state index contributed by atoms with van der Waals surface area (Å²) in [5.41, 5.74) is 0. The molecule has 122 valence electrons. The monoisotopic (exact) mass is 309 g/mol. The number of carbonyl (C=O) groups excluding carboxylic acids is 2. The third-order valence-corrected chi connectivity index (χ3v) is 3.83. The summed E-state index contributed by atoms with van der Waals surface area (Å²) in [5.74, 6) is -2.43. The van der Waals surface area contributed by atoms with Gasteiger partial charge >= 0.3 is 18.1 Å². The van der Waals surface area contributed by atoms with Gasteiger partial charge in [-0.25, -0.2) is 0 Å². The van der Waals surface area contributed by atoms with Crippen molar-refractivity contribution in [3.8, 4) is 0 Å². The lowest BCUT2D eigenvalue weighted by Gasteiger charge is -2.38. The lowest BCUT2D eigenvalue weighted by atomic mass is 9.84. The van der Waals surface area contributed by atoms with E-state index in [4.69, 9.17) is 4.74 Å². The summed E-state index contributed by atoms with van der Waals surface area (Å²) in [5, 5.41) is 0. The summed E-state index contributed by atoms with van der Waals surface area (Å²) < 4.78 is 43.0. The fourth-order valence-electron chi connectivity index (χ4n) is 2.79. The lowest BCUT2D eigenvalue weighted by Crippen LogP contribution is -2.51. The summed E-state index contributed by atoms with van der Waals surface area (Å²) in [6.07, 6.45) is -2.01. The second-order valence-electron chi connectivity index (χ2n) is 5.38. The standard InChI is InChI=1S/C14H22F3NO3/c1-3-21-12(19)8-9-18(13(20)14(15,16)17)11-7-5-4-6-10(11)2/h10-11H,3-9H2,1-2H3. The molecule has 0 saturated heterocycles. The van der Waals surface area contributed by atoms with Gasteiger partial charge in [0.25, 0.3) is 0 Å². The Kier molecular flexibility index (Phi) is 6.48. The summed E-state index contributed by atoms with van der Waals surface area (Å²) >= 11 is 0. The van der Waals surface area contributed by atoms with E-state index < -0.39 is 24.1 Å². The molecule has 21 heavy (non-hydrogen) atoms. The molecule has 0 spiro atoms. The smallest absolute Gasteiger partial charge is 0.466 e. The number of esters is 1. The molecule has 0 bridgehead atoms. The van der Waals surface area contributed by atoms with Crippen LogP contribution >= 0.6 is 0 Å². The molecule has 0 heterocycles. The zero-order valence-electron chi connectivity index (χ0n) is 12.4. The van der Waals surface area contributed by atoms with Gasteiger partial charge in [0.1, 0.15) is 0 Å². The molecule has 1 saturated carbocycles. The van der Waals surface area contributed by atoms with Crippen LogP contribution in [0.25, 0.3) is 0 Å². The fourth-order valence-corrected chi connectivity index (χ4v) is 2.79. The number of rotatable bonds is 5. The van der Waals surface area contributed by atoms with E-state index in [2.05, 4.69) is 0 Å². The molecule has 1 amide bonds. The van der Waals surface area contributed by atoms with Crippen molar-refractivity contribution in [2.45, 2.75) is 58.2 Å². The van der Waals surface area contributed by atoms with E-state index in [0.29, 0.717) is 6.42 Å². The Morgan fingerprint density at radius 2 is 1.86 bits per heavy atom. The number of ether oxygens (including phenoxy) is 1. The van der Waals surface area contributed by atoms with Crippen LogP contribution in [0.5, 0.6) is 0 Å². The highest BCUT2D eigenvalue weighted by molar-refractivity contribution is 5.82. The van der Waals surface area contributed by atoms with Crippen LogP contribution < -0.4 is 0 Å². The lowest BCUT2D eigenvalue weighted by molar-refractivity contribution is -0.189. The molecular weight excluding hydrogens is 287 g/mol. The minimum absolute atomic E-state index is 0.00671. The number of nitrogens with zero attached hydrogens (tertiary/aromatic N) is 1. The Hall–Kier alpha value is -1.27. The maximum Gasteiger partial charge on any atom is 0.471 e. The molecule has 0 aromatic carbocycles. The second-order valence-corrected chi connectivity index (χ2v) is 5.38. The van der Waals surface area contributed by atoms with Gasteiger partial charge in [-0.1, -0.05) is 19.8 Å². The highest BCUT2D eigenvalue weighted by atomic mass is 19.4. The molecule has 1 rings (SSSR count). The Bertz CT molecular complexity index is 371. The average molecular weight is 309 g/mol. The van der Waals surface area contributed by atoms with Gasteiger partial charge in [0.05, 0.1) is 13.0 Å². The van der Waals surface area contributed by atoms with Crippen LogP contribution in [0.3, 0.4) is 0 Å². The SMILES string of the molecule is CCOC(=O)CCN(C(=O)C(F)(F)F)C1CCCCC1C. The van der Waals surface area contributed by atoms with Crippen molar-refractivity contribution in [3.05, 3.63) is 0 Å². The molecule has 0 radical (unpaired) electrons. The van der Waals surface area contributed by atoms with Gasteiger partial charge in [0, 0.05) is 12.6 Å². The van der Waals surface area contributed by atoms with Crippen LogP contribution in [0.2, 0.25) is 0 Å². The van der Waals surface area contributed by atoms with Crippen LogP contribution in [-0.2, 0) is 14.3 Å². The van der Waals surface area contributed by atoms with Crippen LogP contribution in [0.15, 0.2) is 0 Å². The Morgan fingerprint density at radius 1 is 1.24 bits per heavy atom. The number of alkyl halides is 3. The van der Waals surface area contributed by atoms with E-state index in [1.807, 2.05) is 6.92 Å². The molecule has 0 aliphatic heterocycles. The molecule has 4 nitrogen and oxygen atoms in total. The second kappa shape index (κ2) is 7.66. The van der Waals surface area contributed by atoms with E-state index in [9.17, 15) is 22.8 Å². The maximum absolute atomic E-state index is 12.7. The maximum atomic E-state index is 12.7. The molecule has 0 N–H and O–H groups in total. The first-order chi connectivity index (χ1) is 9.77. The van der Waals surface area contributed by atoms with Crippen molar-refractivity contribution in [1.82, 2.24) is 4.90 Å². The van der Waals surface area contributed by atoms with Crippen LogP contribution in [0.1, 0.15) is 46.0 Å². The molecule has 1 aliphatic carbocycles. The number of carbonyl (C=O) groups is 2. The summed E-state index contributed by atoms with van der Waals surface area (Å²) in [6.45, 7) is 3.41. The van der Waals surface area contributed by atoms with Crippen LogP contribution in [0, 0.1) is 5.92 Å². The minimum atomic E-state index is -4.91. The number of hydrogen-bond acceptors (Lipinski definition) is 3. The first-order valence-electron chi connectivity index (χ1n) is 7.30. The van der Waals surface area contributed by atoms with E-state index in [-0.39, 0.29) is 25.5 Å². The fraction of sp³-hybridized carbons (Fsp3) is 0.857. The van der Waals surface area contributed by atoms with Gasteiger partial charge in [-0.15, -0.1) is 0 Å². The molecule has 0 aromatic rings. The summed E-state index contributed by atoms with van der Waals surface area (Å²) in [7, 11) is 0. The van der Waals surface area contributed by atoms with E-state index in [0.717, 1.165) is 24.2 Å². The minimum Gasteiger partial charge on any atom is -0.466 e. The largest absolute Gasteiger partial charge is 0.471 e. The molecular formula is C14H22F3NO3. The first-order valence-corrected chi connectivity index (χ1v) is 7.30. The van der Waals surface area contributed by atoms with Gasteiger partial charge in [-0.3, -0.25) is 9.59 Å². The van der Waals surface area contributed by atoms with Crippen molar-refractivity contribution in [3.63, 3.8) is 0 Å². The normalized spacial score (nSPS) is 22.7. The average Bonchev–Trinajstić information content (AvgIpc) is 2.40. The van der Waals surface area contributed by atoms with Crippen LogP contribution in [-0.4, -0.2) is 42.1 Å². The molecule has 2 unspecified atom stereocenters. The van der Waals surface area contributed by atoms with E-state index in [1.54, 1.807) is 6.92 Å². The third-order valence-electron chi connectivity index (χ3n) is 3.83. The Balaban J connectivity index is 2.79. The van der Waals surface area contributed by atoms with Crippen molar-refractivity contribution in [2.24, 2.45) is 5.92 Å². The van der Waals surface area contributed by atoms with Crippen molar-refractivity contribution in [2.75, 3.05) is 13.2 Å². The topological polar surface area (TPSA) is 46.6 Å². The number of halogens is 3. The number of amides is 1. The summed E-state index contributed by atoms with van der Waals surface area (Å²) in [4.78, 5) is 23.8. The predicted octanol–water partition coefficient (Wildman–Crippen LogP) is 2.91. The molecule has 1 aliphatic rings. The highest BCUT2D eigenvalue weighted by Gasteiger charge is 2.45. The molecule has 2 atom stereocenters. The number of hydrogen-bond donors (Lipinski definition) is 0.